The van der Waals surface area contributed by atoms with Crippen LogP contribution in [0.3, 0.4) is 0 Å². The monoisotopic (exact) mass is 336 g/mol. The number of amides is 1. The third kappa shape index (κ3) is 4.74. The number of nitrogens with one attached hydrogen (secondary N) is 2. The van der Waals surface area contributed by atoms with Crippen molar-refractivity contribution in [2.24, 2.45) is 0 Å². The molecule has 5 nitrogen and oxygen atoms in total. The van der Waals surface area contributed by atoms with Crippen molar-refractivity contribution < 1.29 is 4.79 Å². The number of hydrogen-bond acceptors (Lipinski definition) is 4. The summed E-state index contributed by atoms with van der Waals surface area (Å²) in [5, 5.41) is 15.0. The molecule has 0 aliphatic rings. The molecule has 2 rings (SSSR count). The van der Waals surface area contributed by atoms with Crippen LogP contribution in [-0.2, 0) is 4.79 Å². The summed E-state index contributed by atoms with van der Waals surface area (Å²) in [4.78, 5) is 14.5. The van der Waals surface area contributed by atoms with E-state index in [-0.39, 0.29) is 12.5 Å². The van der Waals surface area contributed by atoms with Gasteiger partial charge < -0.3 is 15.5 Å². The van der Waals surface area contributed by atoms with Gasteiger partial charge in [-0.25, -0.2) is 0 Å². The van der Waals surface area contributed by atoms with Crippen molar-refractivity contribution in [1.29, 1.82) is 5.26 Å². The molecule has 2 aromatic carbocycles. The van der Waals surface area contributed by atoms with Gasteiger partial charge in [0.1, 0.15) is 6.07 Å². The molecule has 0 radical (unpaired) electrons. The van der Waals surface area contributed by atoms with Gasteiger partial charge in [0.2, 0.25) is 5.91 Å². The fraction of sp³-hybridized carbons (Fsp3) is 0.300. The first kappa shape index (κ1) is 18.3. The van der Waals surface area contributed by atoms with Crippen LogP contribution in [0.25, 0.3) is 0 Å². The summed E-state index contributed by atoms with van der Waals surface area (Å²) in [5.74, 6) is -0.147. The summed E-state index contributed by atoms with van der Waals surface area (Å²) in [7, 11) is 0. The molecule has 0 heterocycles. The molecule has 2 N–H and O–H groups in total. The van der Waals surface area contributed by atoms with Gasteiger partial charge in [-0.1, -0.05) is 12.1 Å². The van der Waals surface area contributed by atoms with Gasteiger partial charge in [-0.2, -0.15) is 5.26 Å². The second kappa shape index (κ2) is 8.74. The van der Waals surface area contributed by atoms with Crippen molar-refractivity contribution in [1.82, 2.24) is 0 Å². The molecule has 0 aliphatic heterocycles. The molecular weight excluding hydrogens is 312 g/mol. The van der Waals surface area contributed by atoms with E-state index in [0.29, 0.717) is 11.3 Å². The number of anilines is 3. The van der Waals surface area contributed by atoms with E-state index in [1.165, 1.54) is 0 Å². The van der Waals surface area contributed by atoms with Crippen molar-refractivity contribution in [2.45, 2.75) is 20.8 Å². The highest BCUT2D eigenvalue weighted by molar-refractivity contribution is 5.94. The zero-order valence-electron chi connectivity index (χ0n) is 15.0. The number of carbonyl (C=O) groups is 1. The molecule has 1 amide bonds. The second-order valence-corrected chi connectivity index (χ2v) is 5.73. The van der Waals surface area contributed by atoms with E-state index in [0.717, 1.165) is 30.0 Å². The minimum Gasteiger partial charge on any atom is -0.375 e. The van der Waals surface area contributed by atoms with Crippen LogP contribution >= 0.6 is 0 Å². The van der Waals surface area contributed by atoms with E-state index >= 15 is 0 Å². The van der Waals surface area contributed by atoms with Gasteiger partial charge in [-0.3, -0.25) is 4.79 Å². The summed E-state index contributed by atoms with van der Waals surface area (Å²) < 4.78 is 0. The Morgan fingerprint density at radius 1 is 1.12 bits per heavy atom. The molecule has 5 heteroatoms. The Morgan fingerprint density at radius 3 is 2.48 bits per heavy atom. The third-order valence-corrected chi connectivity index (χ3v) is 4.10. The maximum Gasteiger partial charge on any atom is 0.243 e. The van der Waals surface area contributed by atoms with E-state index in [4.69, 9.17) is 5.26 Å². The van der Waals surface area contributed by atoms with E-state index in [2.05, 4.69) is 41.5 Å². The number of aryl methyl sites for hydroxylation is 1. The molecule has 2 aromatic rings. The van der Waals surface area contributed by atoms with Crippen molar-refractivity contribution in [2.75, 3.05) is 35.2 Å². The highest BCUT2D eigenvalue weighted by Gasteiger charge is 2.09. The molecule has 0 aromatic heterocycles. The summed E-state index contributed by atoms with van der Waals surface area (Å²) in [6.07, 6.45) is 0. The summed E-state index contributed by atoms with van der Waals surface area (Å²) >= 11 is 0. The Kier molecular flexibility index (Phi) is 6.41. The van der Waals surface area contributed by atoms with E-state index in [1.54, 1.807) is 18.2 Å². The fourth-order valence-corrected chi connectivity index (χ4v) is 2.68. The predicted molar refractivity (Wildman–Crippen MR) is 103 cm³/mol. The number of nitrogens with zero attached hydrogens (tertiary/aromatic N) is 2. The third-order valence-electron chi connectivity index (χ3n) is 4.10. The lowest BCUT2D eigenvalue weighted by molar-refractivity contribution is -0.114. The maximum atomic E-state index is 12.2. The fourth-order valence-electron chi connectivity index (χ4n) is 2.68. The molecule has 0 spiro atoms. The Labute approximate surface area is 149 Å². The molecule has 0 saturated heterocycles. The molecule has 130 valence electrons. The minimum atomic E-state index is -0.147. The average Bonchev–Trinajstić information content (AvgIpc) is 2.63. The smallest absolute Gasteiger partial charge is 0.243 e. The molecule has 0 fully saturated rings. The van der Waals surface area contributed by atoms with Crippen LogP contribution in [0.2, 0.25) is 0 Å². The van der Waals surface area contributed by atoms with Gasteiger partial charge in [0.15, 0.2) is 0 Å². The standard InChI is InChI=1S/C20H24N4O/c1-4-24(5-2)17-10-11-18(15(3)12-17)23-20(25)14-22-19-9-7-6-8-16(19)13-21/h6-12,22H,4-5,14H2,1-3H3,(H,23,25). The Bertz CT molecular complexity index is 776. The Morgan fingerprint density at radius 2 is 1.84 bits per heavy atom. The van der Waals surface area contributed by atoms with Gasteiger partial charge >= 0.3 is 0 Å². The predicted octanol–water partition coefficient (Wildman–Crippen LogP) is 3.76. The second-order valence-electron chi connectivity index (χ2n) is 5.73. The number of para-hydroxylation sites is 1. The van der Waals surface area contributed by atoms with Gasteiger partial charge in [0, 0.05) is 24.5 Å². The van der Waals surface area contributed by atoms with E-state index in [1.807, 2.05) is 25.1 Å². The van der Waals surface area contributed by atoms with Gasteiger partial charge in [0.25, 0.3) is 0 Å². The van der Waals surface area contributed by atoms with Crippen LogP contribution in [0, 0.1) is 18.3 Å². The van der Waals surface area contributed by atoms with E-state index < -0.39 is 0 Å². The first-order chi connectivity index (χ1) is 12.1. The van der Waals surface area contributed by atoms with Gasteiger partial charge in [-0.15, -0.1) is 0 Å². The van der Waals surface area contributed by atoms with Crippen LogP contribution in [0.1, 0.15) is 25.0 Å². The number of hydrogen-bond donors (Lipinski definition) is 2. The zero-order chi connectivity index (χ0) is 18.2. The SMILES string of the molecule is CCN(CC)c1ccc(NC(=O)CNc2ccccc2C#N)c(C)c1. The van der Waals surface area contributed by atoms with Gasteiger partial charge in [0.05, 0.1) is 17.8 Å². The largest absolute Gasteiger partial charge is 0.375 e. The minimum absolute atomic E-state index is 0.107. The lowest BCUT2D eigenvalue weighted by Gasteiger charge is -2.22. The Balaban J connectivity index is 2.00. The van der Waals surface area contributed by atoms with Crippen molar-refractivity contribution in [3.8, 4) is 6.07 Å². The molecule has 0 saturated carbocycles. The lowest BCUT2D eigenvalue weighted by Crippen LogP contribution is -2.23. The summed E-state index contributed by atoms with van der Waals surface area (Å²) in [5.41, 5.74) is 4.16. The van der Waals surface area contributed by atoms with Crippen molar-refractivity contribution in [3.05, 3.63) is 53.6 Å². The number of carbonyl (C=O) groups excluding carboxylic acids is 1. The van der Waals surface area contributed by atoms with Crippen molar-refractivity contribution >= 4 is 23.0 Å². The van der Waals surface area contributed by atoms with Crippen molar-refractivity contribution in [3.63, 3.8) is 0 Å². The summed E-state index contributed by atoms with van der Waals surface area (Å²) in [6, 6.07) is 15.3. The molecule has 0 atom stereocenters. The Hall–Kier alpha value is -3.00. The molecule has 0 aliphatic carbocycles. The summed E-state index contributed by atoms with van der Waals surface area (Å²) in [6.45, 7) is 8.24. The molecule has 0 bridgehead atoms. The van der Waals surface area contributed by atoms with Crippen LogP contribution in [0.15, 0.2) is 42.5 Å². The quantitative estimate of drug-likeness (QED) is 0.808. The highest BCUT2D eigenvalue weighted by atomic mass is 16.1. The number of benzene rings is 2. The van der Waals surface area contributed by atoms with Gasteiger partial charge in [-0.05, 0) is 56.7 Å². The topological polar surface area (TPSA) is 68.2 Å². The first-order valence-corrected chi connectivity index (χ1v) is 8.47. The number of rotatable bonds is 7. The van der Waals surface area contributed by atoms with Crippen LogP contribution in [-0.4, -0.2) is 25.5 Å². The lowest BCUT2D eigenvalue weighted by atomic mass is 10.1. The zero-order valence-corrected chi connectivity index (χ0v) is 15.0. The molecular formula is C20H24N4O. The molecule has 0 unspecified atom stereocenters. The maximum absolute atomic E-state index is 12.2. The highest BCUT2D eigenvalue weighted by Crippen LogP contribution is 2.22. The average molecular weight is 336 g/mol. The van der Waals surface area contributed by atoms with E-state index in [9.17, 15) is 4.79 Å². The number of nitriles is 1. The van der Waals surface area contributed by atoms with Crippen LogP contribution < -0.4 is 15.5 Å². The van der Waals surface area contributed by atoms with Crippen LogP contribution in [0.5, 0.6) is 0 Å². The van der Waals surface area contributed by atoms with Crippen LogP contribution in [0.4, 0.5) is 17.1 Å². The first-order valence-electron chi connectivity index (χ1n) is 8.47. The normalized spacial score (nSPS) is 10.0. The molecule has 25 heavy (non-hydrogen) atoms.